The normalized spacial score (nSPS) is 23.0. The van der Waals surface area contributed by atoms with Crippen LogP contribution < -0.4 is 5.48 Å². The van der Waals surface area contributed by atoms with Gasteiger partial charge in [-0.3, -0.25) is 19.9 Å². The van der Waals surface area contributed by atoms with E-state index in [1.54, 1.807) is 5.48 Å². The fraction of sp³-hybridized carbons (Fsp3) is 0.571. The topological polar surface area (TPSA) is 74.7 Å². The van der Waals surface area contributed by atoms with E-state index in [2.05, 4.69) is 16.8 Å². The SMILES string of the molecule is CC[C@@H]1Cc2ncc(C(=O)NO)cc2CN1C1COC1. The summed E-state index contributed by atoms with van der Waals surface area (Å²) in [6, 6.07) is 2.79. The van der Waals surface area contributed by atoms with E-state index in [4.69, 9.17) is 9.94 Å². The number of fused-ring (bicyclic) bond motifs is 1. The number of nitrogens with zero attached hydrogens (tertiary/aromatic N) is 2. The van der Waals surface area contributed by atoms with Gasteiger partial charge in [-0.2, -0.15) is 0 Å². The van der Waals surface area contributed by atoms with Crippen LogP contribution in [0.5, 0.6) is 0 Å². The third-order valence-electron chi connectivity index (χ3n) is 4.24. The molecule has 1 saturated heterocycles. The Morgan fingerprint density at radius 1 is 1.60 bits per heavy atom. The van der Waals surface area contributed by atoms with Crippen molar-refractivity contribution in [3.8, 4) is 0 Å². The fourth-order valence-electron chi connectivity index (χ4n) is 2.94. The summed E-state index contributed by atoms with van der Waals surface area (Å²) in [6.45, 7) is 4.56. The van der Waals surface area contributed by atoms with Crippen LogP contribution in [0, 0.1) is 0 Å². The zero-order valence-corrected chi connectivity index (χ0v) is 11.5. The van der Waals surface area contributed by atoms with Gasteiger partial charge in [0.2, 0.25) is 0 Å². The molecule has 108 valence electrons. The average molecular weight is 277 g/mol. The summed E-state index contributed by atoms with van der Waals surface area (Å²) in [7, 11) is 0. The molecule has 2 N–H and O–H groups in total. The maximum Gasteiger partial charge on any atom is 0.276 e. The Balaban J connectivity index is 1.87. The van der Waals surface area contributed by atoms with Gasteiger partial charge < -0.3 is 4.74 Å². The van der Waals surface area contributed by atoms with Crippen molar-refractivity contribution in [3.05, 3.63) is 29.1 Å². The predicted octanol–water partition coefficient (Wildman–Crippen LogP) is 0.736. The van der Waals surface area contributed by atoms with Crippen LogP contribution in [0.1, 0.15) is 35.0 Å². The summed E-state index contributed by atoms with van der Waals surface area (Å²) in [4.78, 5) is 18.3. The molecule has 0 saturated carbocycles. The van der Waals surface area contributed by atoms with Crippen LogP contribution >= 0.6 is 0 Å². The first-order valence-corrected chi connectivity index (χ1v) is 6.98. The first-order chi connectivity index (χ1) is 9.72. The van der Waals surface area contributed by atoms with E-state index in [1.165, 1.54) is 6.20 Å². The smallest absolute Gasteiger partial charge is 0.276 e. The minimum absolute atomic E-state index is 0.394. The van der Waals surface area contributed by atoms with Gasteiger partial charge in [-0.25, -0.2) is 5.48 Å². The zero-order chi connectivity index (χ0) is 14.1. The predicted molar refractivity (Wildman–Crippen MR) is 71.4 cm³/mol. The van der Waals surface area contributed by atoms with Crippen molar-refractivity contribution in [2.24, 2.45) is 0 Å². The van der Waals surface area contributed by atoms with Gasteiger partial charge in [-0.15, -0.1) is 0 Å². The number of hydroxylamine groups is 1. The van der Waals surface area contributed by atoms with Crippen LogP contribution in [0.25, 0.3) is 0 Å². The highest BCUT2D eigenvalue weighted by molar-refractivity contribution is 5.93. The number of rotatable bonds is 3. The van der Waals surface area contributed by atoms with Gasteiger partial charge in [0, 0.05) is 30.9 Å². The van der Waals surface area contributed by atoms with Crippen LogP contribution in [0.2, 0.25) is 0 Å². The molecule has 0 unspecified atom stereocenters. The first-order valence-electron chi connectivity index (χ1n) is 6.98. The van der Waals surface area contributed by atoms with E-state index >= 15 is 0 Å². The van der Waals surface area contributed by atoms with E-state index in [1.807, 2.05) is 6.07 Å². The lowest BCUT2D eigenvalue weighted by molar-refractivity contribution is -0.0864. The number of hydrogen-bond acceptors (Lipinski definition) is 5. The maximum absolute atomic E-state index is 11.5. The van der Waals surface area contributed by atoms with Crippen molar-refractivity contribution in [1.82, 2.24) is 15.4 Å². The molecule has 1 atom stereocenters. The van der Waals surface area contributed by atoms with Crippen LogP contribution in [-0.4, -0.2) is 46.3 Å². The van der Waals surface area contributed by atoms with Crippen molar-refractivity contribution >= 4 is 5.91 Å². The molecule has 1 fully saturated rings. The van der Waals surface area contributed by atoms with Crippen LogP contribution in [0.4, 0.5) is 0 Å². The molecule has 0 radical (unpaired) electrons. The Kier molecular flexibility index (Phi) is 3.69. The van der Waals surface area contributed by atoms with Gasteiger partial charge in [-0.05, 0) is 18.1 Å². The highest BCUT2D eigenvalue weighted by atomic mass is 16.5. The Morgan fingerprint density at radius 2 is 2.40 bits per heavy atom. The van der Waals surface area contributed by atoms with Crippen LogP contribution in [0.15, 0.2) is 12.3 Å². The number of amides is 1. The molecule has 0 spiro atoms. The lowest BCUT2D eigenvalue weighted by Crippen LogP contribution is -2.55. The number of hydrogen-bond donors (Lipinski definition) is 2. The second-order valence-electron chi connectivity index (χ2n) is 5.40. The molecule has 0 aromatic carbocycles. The number of pyridine rings is 1. The number of aromatic nitrogens is 1. The third-order valence-corrected chi connectivity index (χ3v) is 4.24. The summed E-state index contributed by atoms with van der Waals surface area (Å²) >= 11 is 0. The number of carbonyl (C=O) groups excluding carboxylic acids is 1. The molecule has 3 heterocycles. The Hall–Kier alpha value is -1.50. The maximum atomic E-state index is 11.5. The zero-order valence-electron chi connectivity index (χ0n) is 11.5. The minimum atomic E-state index is -0.517. The van der Waals surface area contributed by atoms with Gasteiger partial charge in [0.05, 0.1) is 24.8 Å². The number of ether oxygens (including phenoxy) is 1. The molecule has 2 aliphatic rings. The summed E-state index contributed by atoms with van der Waals surface area (Å²) in [5.41, 5.74) is 4.18. The fourth-order valence-corrected chi connectivity index (χ4v) is 2.94. The summed E-state index contributed by atoms with van der Waals surface area (Å²) < 4.78 is 5.29. The van der Waals surface area contributed by atoms with E-state index in [0.29, 0.717) is 17.6 Å². The second-order valence-corrected chi connectivity index (χ2v) is 5.40. The van der Waals surface area contributed by atoms with Gasteiger partial charge in [-0.1, -0.05) is 6.92 Å². The Labute approximate surface area is 117 Å². The summed E-state index contributed by atoms with van der Waals surface area (Å²) in [6.07, 6.45) is 3.51. The van der Waals surface area contributed by atoms with Crippen molar-refractivity contribution in [2.45, 2.75) is 38.4 Å². The number of carbonyl (C=O) groups is 1. The summed E-state index contributed by atoms with van der Waals surface area (Å²) in [5.74, 6) is -0.517. The lowest BCUT2D eigenvalue weighted by atomic mass is 9.93. The van der Waals surface area contributed by atoms with E-state index in [-0.39, 0.29) is 0 Å². The van der Waals surface area contributed by atoms with Crippen molar-refractivity contribution in [3.63, 3.8) is 0 Å². The summed E-state index contributed by atoms with van der Waals surface area (Å²) in [5, 5.41) is 8.71. The lowest BCUT2D eigenvalue weighted by Gasteiger charge is -2.44. The highest BCUT2D eigenvalue weighted by Gasteiger charge is 2.34. The molecule has 0 aliphatic carbocycles. The third kappa shape index (κ3) is 2.30. The van der Waals surface area contributed by atoms with E-state index < -0.39 is 5.91 Å². The molecule has 0 bridgehead atoms. The number of nitrogens with one attached hydrogen (secondary N) is 1. The molecule has 1 aromatic rings. The van der Waals surface area contributed by atoms with Crippen molar-refractivity contribution < 1.29 is 14.7 Å². The molecule has 6 heteroatoms. The van der Waals surface area contributed by atoms with Crippen LogP contribution in [0.3, 0.4) is 0 Å². The quantitative estimate of drug-likeness (QED) is 0.629. The van der Waals surface area contributed by atoms with Crippen LogP contribution in [-0.2, 0) is 17.7 Å². The molecule has 2 aliphatic heterocycles. The molecule has 20 heavy (non-hydrogen) atoms. The van der Waals surface area contributed by atoms with E-state index in [9.17, 15) is 4.79 Å². The average Bonchev–Trinajstić information content (AvgIpc) is 2.43. The highest BCUT2D eigenvalue weighted by Crippen LogP contribution is 2.28. The van der Waals surface area contributed by atoms with Gasteiger partial charge >= 0.3 is 0 Å². The van der Waals surface area contributed by atoms with Crippen molar-refractivity contribution in [1.29, 1.82) is 0 Å². The molecule has 1 amide bonds. The van der Waals surface area contributed by atoms with Gasteiger partial charge in [0.1, 0.15) is 0 Å². The minimum Gasteiger partial charge on any atom is -0.378 e. The Bertz CT molecular complexity index is 516. The Morgan fingerprint density at radius 3 is 3.00 bits per heavy atom. The second kappa shape index (κ2) is 5.47. The largest absolute Gasteiger partial charge is 0.378 e. The molecule has 6 nitrogen and oxygen atoms in total. The monoisotopic (exact) mass is 277 g/mol. The molecular formula is C14H19N3O3. The molecule has 3 rings (SSSR count). The molecule has 1 aromatic heterocycles. The van der Waals surface area contributed by atoms with E-state index in [0.717, 1.165) is 43.9 Å². The standard InChI is InChI=1S/C14H19N3O3/c1-2-11-4-13-10(6-17(11)12-7-20-8-12)3-9(5-15-13)14(18)16-19/h3,5,11-12,19H,2,4,6-8H2,1H3,(H,16,18)/t11-/m1/s1. The molecular weight excluding hydrogens is 258 g/mol. The van der Waals surface area contributed by atoms with Crippen molar-refractivity contribution in [2.75, 3.05) is 13.2 Å². The van der Waals surface area contributed by atoms with Gasteiger partial charge in [0.25, 0.3) is 5.91 Å². The first kappa shape index (κ1) is 13.5. The van der Waals surface area contributed by atoms with Gasteiger partial charge in [0.15, 0.2) is 0 Å².